The van der Waals surface area contributed by atoms with Gasteiger partial charge in [-0.3, -0.25) is 0 Å². The molecule has 14 heavy (non-hydrogen) atoms. The number of ether oxygens (including phenoxy) is 1. The van der Waals surface area contributed by atoms with Gasteiger partial charge in [0.1, 0.15) is 11.8 Å². The van der Waals surface area contributed by atoms with Gasteiger partial charge in [0.15, 0.2) is 0 Å². The topological polar surface area (TPSA) is 35.2 Å². The highest BCUT2D eigenvalue weighted by molar-refractivity contribution is 5.36. The van der Waals surface area contributed by atoms with Crippen LogP contribution in [0.5, 0.6) is 5.75 Å². The van der Waals surface area contributed by atoms with Crippen LogP contribution < -0.4 is 10.5 Å². The Balaban J connectivity index is 3.06. The number of alkyl halides is 3. The second-order valence-corrected chi connectivity index (χ2v) is 2.76. The van der Waals surface area contributed by atoms with Crippen LogP contribution in [0.3, 0.4) is 0 Å². The van der Waals surface area contributed by atoms with Crippen molar-refractivity contribution < 1.29 is 17.9 Å². The SMILES string of the molecule is COc1ccccc1[C@@H](N)C(F)(F)F. The molecule has 1 aromatic carbocycles. The largest absolute Gasteiger partial charge is 0.496 e. The predicted molar refractivity (Wildman–Crippen MR) is 46.0 cm³/mol. The lowest BCUT2D eigenvalue weighted by molar-refractivity contribution is -0.149. The van der Waals surface area contributed by atoms with E-state index in [0.29, 0.717) is 0 Å². The monoisotopic (exact) mass is 205 g/mol. The second-order valence-electron chi connectivity index (χ2n) is 2.76. The molecule has 0 heterocycles. The first-order valence-electron chi connectivity index (χ1n) is 3.92. The van der Waals surface area contributed by atoms with Gasteiger partial charge in [0.2, 0.25) is 0 Å². The lowest BCUT2D eigenvalue weighted by Crippen LogP contribution is -2.28. The summed E-state index contributed by atoms with van der Waals surface area (Å²) < 4.78 is 41.6. The molecule has 0 aromatic heterocycles. The fraction of sp³-hybridized carbons (Fsp3) is 0.333. The van der Waals surface area contributed by atoms with Crippen LogP contribution in [-0.4, -0.2) is 13.3 Å². The summed E-state index contributed by atoms with van der Waals surface area (Å²) in [5.74, 6) is 0.150. The molecule has 0 amide bonds. The Morgan fingerprint density at radius 1 is 1.29 bits per heavy atom. The summed E-state index contributed by atoms with van der Waals surface area (Å²) in [6.45, 7) is 0. The molecular weight excluding hydrogens is 195 g/mol. The summed E-state index contributed by atoms with van der Waals surface area (Å²) in [5, 5.41) is 0. The minimum atomic E-state index is -4.45. The van der Waals surface area contributed by atoms with Gasteiger partial charge in [0.25, 0.3) is 0 Å². The Hall–Kier alpha value is -1.23. The summed E-state index contributed by atoms with van der Waals surface area (Å²) in [5.41, 5.74) is 4.99. The predicted octanol–water partition coefficient (Wildman–Crippen LogP) is 2.26. The Kier molecular flexibility index (Phi) is 3.00. The molecule has 78 valence electrons. The van der Waals surface area contributed by atoms with Crippen molar-refractivity contribution in [3.8, 4) is 5.75 Å². The van der Waals surface area contributed by atoms with E-state index >= 15 is 0 Å². The van der Waals surface area contributed by atoms with E-state index in [9.17, 15) is 13.2 Å². The zero-order chi connectivity index (χ0) is 10.8. The van der Waals surface area contributed by atoms with Crippen molar-refractivity contribution in [1.29, 1.82) is 0 Å². The molecule has 0 aliphatic heterocycles. The van der Waals surface area contributed by atoms with E-state index in [4.69, 9.17) is 10.5 Å². The van der Waals surface area contributed by atoms with E-state index in [1.54, 1.807) is 6.07 Å². The fourth-order valence-corrected chi connectivity index (χ4v) is 1.10. The number of rotatable bonds is 2. The number of para-hydroxylation sites is 1. The van der Waals surface area contributed by atoms with Gasteiger partial charge < -0.3 is 10.5 Å². The van der Waals surface area contributed by atoms with E-state index in [0.717, 1.165) is 0 Å². The maximum atomic E-state index is 12.3. The highest BCUT2D eigenvalue weighted by atomic mass is 19.4. The van der Waals surface area contributed by atoms with E-state index in [2.05, 4.69) is 0 Å². The first-order valence-corrected chi connectivity index (χ1v) is 3.92. The van der Waals surface area contributed by atoms with Gasteiger partial charge in [-0.1, -0.05) is 18.2 Å². The number of benzene rings is 1. The Labute approximate surface area is 79.5 Å². The highest BCUT2D eigenvalue weighted by Gasteiger charge is 2.39. The van der Waals surface area contributed by atoms with Crippen LogP contribution in [0, 0.1) is 0 Å². The molecule has 0 unspecified atom stereocenters. The fourth-order valence-electron chi connectivity index (χ4n) is 1.10. The number of hydrogen-bond donors (Lipinski definition) is 1. The van der Waals surface area contributed by atoms with E-state index in [1.165, 1.54) is 25.3 Å². The Bertz CT molecular complexity index is 311. The van der Waals surface area contributed by atoms with Crippen LogP contribution in [0.4, 0.5) is 13.2 Å². The zero-order valence-electron chi connectivity index (χ0n) is 7.51. The third-order valence-electron chi connectivity index (χ3n) is 1.83. The number of methoxy groups -OCH3 is 1. The quantitative estimate of drug-likeness (QED) is 0.803. The van der Waals surface area contributed by atoms with Crippen molar-refractivity contribution in [3.05, 3.63) is 29.8 Å². The molecule has 0 bridgehead atoms. The molecule has 0 aliphatic carbocycles. The van der Waals surface area contributed by atoms with Crippen molar-refractivity contribution in [1.82, 2.24) is 0 Å². The normalized spacial score (nSPS) is 13.8. The average Bonchev–Trinajstić information content (AvgIpc) is 2.15. The van der Waals surface area contributed by atoms with Crippen LogP contribution in [0.15, 0.2) is 24.3 Å². The van der Waals surface area contributed by atoms with Crippen LogP contribution in [0.1, 0.15) is 11.6 Å². The van der Waals surface area contributed by atoms with Crippen LogP contribution in [-0.2, 0) is 0 Å². The standard InChI is InChI=1S/C9H10F3NO/c1-14-7-5-3-2-4-6(7)8(13)9(10,11)12/h2-5,8H,13H2,1H3/t8-/m1/s1. The number of nitrogens with two attached hydrogens (primary N) is 1. The molecule has 0 fully saturated rings. The third-order valence-corrected chi connectivity index (χ3v) is 1.83. The van der Waals surface area contributed by atoms with Crippen LogP contribution in [0.25, 0.3) is 0 Å². The second kappa shape index (κ2) is 3.88. The number of halogens is 3. The maximum absolute atomic E-state index is 12.3. The minimum absolute atomic E-state index is 0.0532. The van der Waals surface area contributed by atoms with Crippen molar-refractivity contribution >= 4 is 0 Å². The number of hydrogen-bond acceptors (Lipinski definition) is 2. The molecule has 5 heteroatoms. The van der Waals surface area contributed by atoms with E-state index in [1.807, 2.05) is 0 Å². The highest BCUT2D eigenvalue weighted by Crippen LogP contribution is 2.34. The van der Waals surface area contributed by atoms with Gasteiger partial charge in [-0.25, -0.2) is 0 Å². The Morgan fingerprint density at radius 3 is 2.36 bits per heavy atom. The molecule has 1 atom stereocenters. The Morgan fingerprint density at radius 2 is 1.86 bits per heavy atom. The summed E-state index contributed by atoms with van der Waals surface area (Å²) in [4.78, 5) is 0. The van der Waals surface area contributed by atoms with Crippen LogP contribution >= 0.6 is 0 Å². The van der Waals surface area contributed by atoms with Gasteiger partial charge in [-0.15, -0.1) is 0 Å². The molecule has 1 rings (SSSR count). The van der Waals surface area contributed by atoms with Gasteiger partial charge in [-0.05, 0) is 6.07 Å². The average molecular weight is 205 g/mol. The minimum Gasteiger partial charge on any atom is -0.496 e. The van der Waals surface area contributed by atoms with E-state index in [-0.39, 0.29) is 11.3 Å². The molecule has 0 aliphatic rings. The van der Waals surface area contributed by atoms with Crippen molar-refractivity contribution in [2.45, 2.75) is 12.2 Å². The van der Waals surface area contributed by atoms with Crippen molar-refractivity contribution in [2.24, 2.45) is 5.73 Å². The molecule has 0 radical (unpaired) electrons. The smallest absolute Gasteiger partial charge is 0.407 e. The summed E-state index contributed by atoms with van der Waals surface area (Å²) in [6, 6.07) is 3.82. The first kappa shape index (κ1) is 10.8. The molecule has 0 spiro atoms. The zero-order valence-corrected chi connectivity index (χ0v) is 7.51. The first-order chi connectivity index (χ1) is 6.46. The maximum Gasteiger partial charge on any atom is 0.407 e. The van der Waals surface area contributed by atoms with Crippen molar-refractivity contribution in [3.63, 3.8) is 0 Å². The van der Waals surface area contributed by atoms with Crippen LogP contribution in [0.2, 0.25) is 0 Å². The molecule has 0 saturated heterocycles. The van der Waals surface area contributed by atoms with Gasteiger partial charge in [0, 0.05) is 5.56 Å². The summed E-state index contributed by atoms with van der Waals surface area (Å²) >= 11 is 0. The molecule has 0 saturated carbocycles. The lowest BCUT2D eigenvalue weighted by atomic mass is 10.1. The summed E-state index contributed by atoms with van der Waals surface area (Å²) in [6.07, 6.45) is -4.45. The van der Waals surface area contributed by atoms with Gasteiger partial charge >= 0.3 is 6.18 Å². The third kappa shape index (κ3) is 2.17. The molecule has 2 N–H and O–H groups in total. The lowest BCUT2D eigenvalue weighted by Gasteiger charge is -2.18. The van der Waals surface area contributed by atoms with E-state index < -0.39 is 12.2 Å². The van der Waals surface area contributed by atoms with Gasteiger partial charge in [-0.2, -0.15) is 13.2 Å². The summed E-state index contributed by atoms with van der Waals surface area (Å²) in [7, 11) is 1.31. The van der Waals surface area contributed by atoms with Gasteiger partial charge in [0.05, 0.1) is 7.11 Å². The molecule has 1 aromatic rings. The molecule has 2 nitrogen and oxygen atoms in total. The molecular formula is C9H10F3NO. The van der Waals surface area contributed by atoms with Crippen molar-refractivity contribution in [2.75, 3.05) is 7.11 Å².